The highest BCUT2D eigenvalue weighted by molar-refractivity contribution is 9.11. The van der Waals surface area contributed by atoms with Crippen molar-refractivity contribution in [3.63, 3.8) is 0 Å². The summed E-state index contributed by atoms with van der Waals surface area (Å²) in [7, 11) is 0. The zero-order valence-electron chi connectivity index (χ0n) is 9.25. The number of halogens is 3. The molecule has 0 bridgehead atoms. The third-order valence-corrected chi connectivity index (χ3v) is 3.97. The number of hydrogen-bond acceptors (Lipinski definition) is 2. The minimum absolute atomic E-state index is 0.205. The van der Waals surface area contributed by atoms with Gasteiger partial charge in [0.05, 0.1) is 19.7 Å². The first-order chi connectivity index (χ1) is 8.58. The van der Waals surface area contributed by atoms with Crippen LogP contribution in [0.15, 0.2) is 45.3 Å². The van der Waals surface area contributed by atoms with Crippen molar-refractivity contribution in [2.24, 2.45) is 0 Å². The third-order valence-electron chi connectivity index (χ3n) is 2.43. The van der Waals surface area contributed by atoms with Gasteiger partial charge in [-0.25, -0.2) is 0 Å². The van der Waals surface area contributed by atoms with Gasteiger partial charge in [-0.05, 0) is 61.7 Å². The van der Waals surface area contributed by atoms with Crippen LogP contribution in [0.3, 0.4) is 0 Å². The molecule has 5 heteroatoms. The van der Waals surface area contributed by atoms with Crippen LogP contribution >= 0.6 is 43.5 Å². The molecule has 2 N–H and O–H groups in total. The number of aromatic hydroxyl groups is 1. The number of rotatable bonds is 3. The summed E-state index contributed by atoms with van der Waals surface area (Å²) in [4.78, 5) is 0. The molecule has 2 aromatic carbocycles. The number of phenols is 1. The van der Waals surface area contributed by atoms with Crippen LogP contribution in [-0.4, -0.2) is 5.11 Å². The summed E-state index contributed by atoms with van der Waals surface area (Å²) in [5.74, 6) is 0.205. The molecule has 94 valence electrons. The van der Waals surface area contributed by atoms with Crippen molar-refractivity contribution in [1.82, 2.24) is 0 Å². The molecule has 0 aliphatic carbocycles. The summed E-state index contributed by atoms with van der Waals surface area (Å²) < 4.78 is 1.32. The lowest BCUT2D eigenvalue weighted by atomic mass is 10.2. The predicted octanol–water partition coefficient (Wildman–Crippen LogP) is 5.18. The van der Waals surface area contributed by atoms with Crippen molar-refractivity contribution in [3.05, 3.63) is 55.9 Å². The molecular formula is C13H10Br2ClNO. The van der Waals surface area contributed by atoms with Gasteiger partial charge >= 0.3 is 0 Å². The minimum atomic E-state index is 0.205. The van der Waals surface area contributed by atoms with Gasteiger partial charge in [0.2, 0.25) is 0 Å². The Morgan fingerprint density at radius 1 is 1.11 bits per heavy atom. The van der Waals surface area contributed by atoms with Crippen molar-refractivity contribution in [1.29, 1.82) is 0 Å². The first kappa shape index (κ1) is 13.7. The molecule has 0 unspecified atom stereocenters. The van der Waals surface area contributed by atoms with Crippen LogP contribution in [0.25, 0.3) is 0 Å². The van der Waals surface area contributed by atoms with Crippen LogP contribution in [0, 0.1) is 0 Å². The van der Waals surface area contributed by atoms with Gasteiger partial charge < -0.3 is 10.4 Å². The topological polar surface area (TPSA) is 32.3 Å². The van der Waals surface area contributed by atoms with Gasteiger partial charge in [-0.1, -0.05) is 23.7 Å². The maximum atomic E-state index is 9.62. The molecule has 18 heavy (non-hydrogen) atoms. The van der Waals surface area contributed by atoms with Gasteiger partial charge in [-0.3, -0.25) is 0 Å². The summed E-state index contributed by atoms with van der Waals surface area (Å²) in [5, 5.41) is 13.6. The van der Waals surface area contributed by atoms with Gasteiger partial charge in [-0.2, -0.15) is 0 Å². The van der Waals surface area contributed by atoms with E-state index in [2.05, 4.69) is 37.2 Å². The fraction of sp³-hybridized carbons (Fsp3) is 0.0769. The van der Waals surface area contributed by atoms with Gasteiger partial charge in [0.15, 0.2) is 0 Å². The van der Waals surface area contributed by atoms with Crippen LogP contribution in [0.2, 0.25) is 5.02 Å². The summed E-state index contributed by atoms with van der Waals surface area (Å²) >= 11 is 12.7. The summed E-state index contributed by atoms with van der Waals surface area (Å²) in [6, 6.07) is 11.3. The van der Waals surface area contributed by atoms with E-state index in [1.807, 2.05) is 36.4 Å². The molecule has 0 spiro atoms. The molecule has 0 aromatic heterocycles. The third kappa shape index (κ3) is 3.19. The molecule has 0 aliphatic rings. The normalized spacial score (nSPS) is 10.4. The Balaban J connectivity index is 2.14. The van der Waals surface area contributed by atoms with Crippen LogP contribution in [0.4, 0.5) is 5.69 Å². The maximum absolute atomic E-state index is 9.62. The molecule has 0 atom stereocenters. The molecular weight excluding hydrogens is 381 g/mol. The Labute approximate surface area is 127 Å². The molecule has 0 radical (unpaired) electrons. The molecule has 0 saturated carbocycles. The van der Waals surface area contributed by atoms with Crippen molar-refractivity contribution in [2.75, 3.05) is 5.32 Å². The van der Waals surface area contributed by atoms with Crippen LogP contribution in [-0.2, 0) is 6.54 Å². The average molecular weight is 391 g/mol. The van der Waals surface area contributed by atoms with Crippen molar-refractivity contribution in [3.8, 4) is 5.75 Å². The van der Waals surface area contributed by atoms with Crippen LogP contribution in [0.1, 0.15) is 5.56 Å². The number of hydrogen-bond donors (Lipinski definition) is 2. The lowest BCUT2D eigenvalue weighted by Gasteiger charge is -2.10. The number of anilines is 1. The second-order valence-electron chi connectivity index (χ2n) is 3.74. The second-order valence-corrected chi connectivity index (χ2v) is 5.86. The number of benzene rings is 2. The van der Waals surface area contributed by atoms with Crippen molar-refractivity contribution >= 4 is 49.1 Å². The van der Waals surface area contributed by atoms with Crippen LogP contribution < -0.4 is 5.32 Å². The van der Waals surface area contributed by atoms with E-state index in [1.165, 1.54) is 0 Å². The van der Waals surface area contributed by atoms with Gasteiger partial charge in [0.25, 0.3) is 0 Å². The largest absolute Gasteiger partial charge is 0.506 e. The highest BCUT2D eigenvalue weighted by Crippen LogP contribution is 2.33. The lowest BCUT2D eigenvalue weighted by molar-refractivity contribution is 0.468. The van der Waals surface area contributed by atoms with Gasteiger partial charge in [0, 0.05) is 6.54 Å². The first-order valence-corrected chi connectivity index (χ1v) is 7.19. The SMILES string of the molecule is Oc1c(Br)cc(CNc2ccccc2Cl)cc1Br. The average Bonchev–Trinajstić information content (AvgIpc) is 2.35. The number of phenolic OH excluding ortho intramolecular Hbond substituents is 1. The molecule has 0 heterocycles. The van der Waals surface area contributed by atoms with E-state index in [-0.39, 0.29) is 5.75 Å². The van der Waals surface area contributed by atoms with Gasteiger partial charge in [-0.15, -0.1) is 0 Å². The molecule has 0 saturated heterocycles. The monoisotopic (exact) mass is 389 g/mol. The van der Waals surface area contributed by atoms with Crippen molar-refractivity contribution in [2.45, 2.75) is 6.54 Å². The molecule has 0 aliphatic heterocycles. The highest BCUT2D eigenvalue weighted by atomic mass is 79.9. The molecule has 0 amide bonds. The molecule has 2 aromatic rings. The van der Waals surface area contributed by atoms with E-state index in [0.29, 0.717) is 20.5 Å². The second kappa shape index (κ2) is 5.95. The van der Waals surface area contributed by atoms with E-state index >= 15 is 0 Å². The van der Waals surface area contributed by atoms with E-state index in [9.17, 15) is 5.11 Å². The zero-order chi connectivity index (χ0) is 13.1. The first-order valence-electron chi connectivity index (χ1n) is 5.23. The Hall–Kier alpha value is -0.710. The Morgan fingerprint density at radius 2 is 1.72 bits per heavy atom. The summed E-state index contributed by atoms with van der Waals surface area (Å²) in [5.41, 5.74) is 1.92. The van der Waals surface area contributed by atoms with Crippen LogP contribution in [0.5, 0.6) is 5.75 Å². The lowest BCUT2D eigenvalue weighted by Crippen LogP contribution is -2.00. The zero-order valence-corrected chi connectivity index (χ0v) is 13.2. The Kier molecular flexibility index (Phi) is 4.54. The number of para-hydroxylation sites is 1. The quantitative estimate of drug-likeness (QED) is 0.755. The Morgan fingerprint density at radius 3 is 2.33 bits per heavy atom. The summed E-state index contributed by atoms with van der Waals surface area (Å²) in [6.07, 6.45) is 0. The fourth-order valence-electron chi connectivity index (χ4n) is 1.52. The van der Waals surface area contributed by atoms with E-state index in [4.69, 9.17) is 11.6 Å². The highest BCUT2D eigenvalue weighted by Gasteiger charge is 2.06. The molecule has 0 fully saturated rings. The predicted molar refractivity (Wildman–Crippen MR) is 82.3 cm³/mol. The fourth-order valence-corrected chi connectivity index (χ4v) is 3.01. The smallest absolute Gasteiger partial charge is 0.143 e. The van der Waals surface area contributed by atoms with E-state index < -0.39 is 0 Å². The Bertz CT molecular complexity index is 552. The van der Waals surface area contributed by atoms with Crippen molar-refractivity contribution < 1.29 is 5.11 Å². The maximum Gasteiger partial charge on any atom is 0.143 e. The number of nitrogens with one attached hydrogen (secondary N) is 1. The molecule has 2 rings (SSSR count). The standard InChI is InChI=1S/C13H10Br2ClNO/c14-9-5-8(6-10(15)13(9)18)7-17-12-4-2-1-3-11(12)16/h1-6,17-18H,7H2. The van der Waals surface area contributed by atoms with Gasteiger partial charge in [0.1, 0.15) is 5.75 Å². The van der Waals surface area contributed by atoms with E-state index in [1.54, 1.807) is 0 Å². The summed E-state index contributed by atoms with van der Waals surface area (Å²) in [6.45, 7) is 0.626. The molecule has 2 nitrogen and oxygen atoms in total. The minimum Gasteiger partial charge on any atom is -0.506 e. The van der Waals surface area contributed by atoms with E-state index in [0.717, 1.165) is 11.3 Å².